The Balaban J connectivity index is 2.21. The molecule has 0 aliphatic rings. The van der Waals surface area contributed by atoms with Crippen molar-refractivity contribution in [1.82, 2.24) is 10.4 Å². The fraction of sp³-hybridized carbons (Fsp3) is 0.154. The molecule has 0 bridgehead atoms. The Hall–Kier alpha value is -0.650. The van der Waals surface area contributed by atoms with Crippen molar-refractivity contribution in [2.45, 2.75) is 12.5 Å². The van der Waals surface area contributed by atoms with Gasteiger partial charge in [-0.15, -0.1) is 0 Å². The second-order valence-corrected chi connectivity index (χ2v) is 5.82. The summed E-state index contributed by atoms with van der Waals surface area (Å²) < 4.78 is 0.927. The second-order valence-electron chi connectivity index (χ2n) is 4.06. The molecule has 1 aromatic carbocycles. The molecule has 0 saturated carbocycles. The summed E-state index contributed by atoms with van der Waals surface area (Å²) in [7, 11) is 0. The maximum Gasteiger partial charge on any atom is 0.0672 e. The molecule has 1 heterocycles. The van der Waals surface area contributed by atoms with Crippen LogP contribution < -0.4 is 11.3 Å². The van der Waals surface area contributed by atoms with Crippen molar-refractivity contribution >= 4 is 39.1 Å². The molecule has 1 atom stereocenters. The summed E-state index contributed by atoms with van der Waals surface area (Å²) in [4.78, 5) is 4.33. The molecular formula is C13H12BrCl2N3. The van der Waals surface area contributed by atoms with E-state index < -0.39 is 0 Å². The molecule has 0 radical (unpaired) electrons. The maximum atomic E-state index is 6.16. The van der Waals surface area contributed by atoms with E-state index in [0.717, 1.165) is 15.7 Å². The molecule has 19 heavy (non-hydrogen) atoms. The summed E-state index contributed by atoms with van der Waals surface area (Å²) in [5.41, 5.74) is 4.59. The molecule has 100 valence electrons. The first-order valence-electron chi connectivity index (χ1n) is 5.61. The van der Waals surface area contributed by atoms with Crippen molar-refractivity contribution in [1.29, 1.82) is 0 Å². The lowest BCUT2D eigenvalue weighted by molar-refractivity contribution is 0.538. The standard InChI is InChI=1S/C13H12BrCl2N3/c14-9-2-4-12(18-7-9)13(19-17)5-8-1-3-10(15)6-11(8)16/h1-4,6-7,13,19H,5,17H2. The van der Waals surface area contributed by atoms with E-state index in [1.807, 2.05) is 24.3 Å². The number of hydrazine groups is 1. The minimum absolute atomic E-state index is 0.105. The van der Waals surface area contributed by atoms with E-state index in [-0.39, 0.29) is 6.04 Å². The van der Waals surface area contributed by atoms with Crippen LogP contribution in [-0.2, 0) is 6.42 Å². The molecule has 6 heteroatoms. The fourth-order valence-corrected chi connectivity index (χ4v) is 2.47. The van der Waals surface area contributed by atoms with Crippen LogP contribution in [0.15, 0.2) is 41.0 Å². The maximum absolute atomic E-state index is 6.16. The van der Waals surface area contributed by atoms with Gasteiger partial charge in [-0.3, -0.25) is 16.3 Å². The predicted octanol–water partition coefficient (Wildman–Crippen LogP) is 3.90. The van der Waals surface area contributed by atoms with Crippen LogP contribution in [0.1, 0.15) is 17.3 Å². The topological polar surface area (TPSA) is 50.9 Å². The highest BCUT2D eigenvalue weighted by molar-refractivity contribution is 9.10. The van der Waals surface area contributed by atoms with E-state index in [4.69, 9.17) is 29.0 Å². The highest BCUT2D eigenvalue weighted by atomic mass is 79.9. The average molecular weight is 361 g/mol. The number of nitrogens with zero attached hydrogens (tertiary/aromatic N) is 1. The van der Waals surface area contributed by atoms with Crippen molar-refractivity contribution in [2.24, 2.45) is 5.84 Å². The number of halogens is 3. The quantitative estimate of drug-likeness (QED) is 0.642. The van der Waals surface area contributed by atoms with Crippen LogP contribution >= 0.6 is 39.1 Å². The zero-order valence-electron chi connectivity index (χ0n) is 9.91. The summed E-state index contributed by atoms with van der Waals surface area (Å²) in [5.74, 6) is 5.60. The molecule has 1 aromatic heterocycles. The fourth-order valence-electron chi connectivity index (χ4n) is 1.75. The van der Waals surface area contributed by atoms with Gasteiger partial charge in [-0.05, 0) is 52.2 Å². The minimum atomic E-state index is -0.105. The highest BCUT2D eigenvalue weighted by Gasteiger charge is 2.14. The van der Waals surface area contributed by atoms with Crippen LogP contribution in [0.3, 0.4) is 0 Å². The van der Waals surface area contributed by atoms with Crippen molar-refractivity contribution in [3.05, 3.63) is 62.3 Å². The molecule has 2 rings (SSSR count). The van der Waals surface area contributed by atoms with Crippen LogP contribution in [0.4, 0.5) is 0 Å². The van der Waals surface area contributed by atoms with Gasteiger partial charge in [0.1, 0.15) is 0 Å². The molecule has 0 amide bonds. The van der Waals surface area contributed by atoms with Crippen LogP contribution in [0, 0.1) is 0 Å². The molecule has 0 fully saturated rings. The van der Waals surface area contributed by atoms with Crippen molar-refractivity contribution < 1.29 is 0 Å². The second kappa shape index (κ2) is 6.68. The molecule has 3 N–H and O–H groups in total. The third kappa shape index (κ3) is 3.91. The third-order valence-electron chi connectivity index (χ3n) is 2.75. The summed E-state index contributed by atoms with van der Waals surface area (Å²) in [5, 5.41) is 1.25. The predicted molar refractivity (Wildman–Crippen MR) is 82.2 cm³/mol. The lowest BCUT2D eigenvalue weighted by Crippen LogP contribution is -2.30. The van der Waals surface area contributed by atoms with E-state index in [1.165, 1.54) is 0 Å². The van der Waals surface area contributed by atoms with E-state index in [9.17, 15) is 0 Å². The Labute approximate surface area is 130 Å². The molecule has 3 nitrogen and oxygen atoms in total. The van der Waals surface area contributed by atoms with Crippen LogP contribution in [0.5, 0.6) is 0 Å². The van der Waals surface area contributed by atoms with Gasteiger partial charge in [0, 0.05) is 20.7 Å². The number of nitrogens with two attached hydrogens (primary N) is 1. The number of benzene rings is 1. The highest BCUT2D eigenvalue weighted by Crippen LogP contribution is 2.25. The van der Waals surface area contributed by atoms with E-state index >= 15 is 0 Å². The summed E-state index contributed by atoms with van der Waals surface area (Å²) >= 11 is 15.4. The monoisotopic (exact) mass is 359 g/mol. The van der Waals surface area contributed by atoms with Gasteiger partial charge in [-0.25, -0.2) is 0 Å². The van der Waals surface area contributed by atoms with Gasteiger partial charge in [0.05, 0.1) is 11.7 Å². The molecular weight excluding hydrogens is 349 g/mol. The Morgan fingerprint density at radius 1 is 1.26 bits per heavy atom. The van der Waals surface area contributed by atoms with Crippen LogP contribution in [-0.4, -0.2) is 4.98 Å². The molecule has 1 unspecified atom stereocenters. The van der Waals surface area contributed by atoms with Gasteiger partial charge >= 0.3 is 0 Å². The smallest absolute Gasteiger partial charge is 0.0672 e. The summed E-state index contributed by atoms with van der Waals surface area (Å²) in [6, 6.07) is 9.17. The SMILES string of the molecule is NNC(Cc1ccc(Cl)cc1Cl)c1ccc(Br)cn1. The lowest BCUT2D eigenvalue weighted by atomic mass is 10.0. The van der Waals surface area contributed by atoms with Crippen molar-refractivity contribution in [3.8, 4) is 0 Å². The Morgan fingerprint density at radius 2 is 2.05 bits per heavy atom. The number of hydrogen-bond donors (Lipinski definition) is 2. The largest absolute Gasteiger partial charge is 0.271 e. The van der Waals surface area contributed by atoms with Crippen LogP contribution in [0.25, 0.3) is 0 Å². The lowest BCUT2D eigenvalue weighted by Gasteiger charge is -2.16. The molecule has 0 spiro atoms. The molecule has 0 aliphatic heterocycles. The number of pyridine rings is 1. The van der Waals surface area contributed by atoms with E-state index in [2.05, 4.69) is 26.3 Å². The number of aromatic nitrogens is 1. The first-order chi connectivity index (χ1) is 9.10. The average Bonchev–Trinajstić information content (AvgIpc) is 2.39. The molecule has 0 aliphatic carbocycles. The van der Waals surface area contributed by atoms with E-state index in [1.54, 1.807) is 12.3 Å². The molecule has 2 aromatic rings. The summed E-state index contributed by atoms with van der Waals surface area (Å²) in [6.45, 7) is 0. The Morgan fingerprint density at radius 3 is 2.63 bits per heavy atom. The number of hydrogen-bond acceptors (Lipinski definition) is 3. The summed E-state index contributed by atoms with van der Waals surface area (Å²) in [6.07, 6.45) is 2.38. The van der Waals surface area contributed by atoms with Crippen molar-refractivity contribution in [3.63, 3.8) is 0 Å². The van der Waals surface area contributed by atoms with Gasteiger partial charge in [-0.2, -0.15) is 0 Å². The number of rotatable bonds is 4. The normalized spacial score (nSPS) is 12.4. The minimum Gasteiger partial charge on any atom is -0.271 e. The zero-order chi connectivity index (χ0) is 13.8. The van der Waals surface area contributed by atoms with Gasteiger partial charge in [0.25, 0.3) is 0 Å². The van der Waals surface area contributed by atoms with Gasteiger partial charge in [0.15, 0.2) is 0 Å². The van der Waals surface area contributed by atoms with Gasteiger partial charge in [-0.1, -0.05) is 29.3 Å². The Bertz CT molecular complexity index is 560. The Kier molecular flexibility index (Phi) is 5.19. The van der Waals surface area contributed by atoms with Gasteiger partial charge in [0.2, 0.25) is 0 Å². The zero-order valence-corrected chi connectivity index (χ0v) is 13.0. The number of nitrogens with one attached hydrogen (secondary N) is 1. The van der Waals surface area contributed by atoms with Crippen LogP contribution in [0.2, 0.25) is 10.0 Å². The first-order valence-corrected chi connectivity index (χ1v) is 7.16. The molecule has 0 saturated heterocycles. The first kappa shape index (κ1) is 14.8. The third-order valence-corrected chi connectivity index (χ3v) is 3.80. The van der Waals surface area contributed by atoms with Gasteiger partial charge < -0.3 is 0 Å². The van der Waals surface area contributed by atoms with E-state index in [0.29, 0.717) is 16.5 Å². The van der Waals surface area contributed by atoms with Crippen molar-refractivity contribution in [2.75, 3.05) is 0 Å².